The van der Waals surface area contributed by atoms with E-state index >= 15 is 0 Å². The Morgan fingerprint density at radius 1 is 1.30 bits per heavy atom. The minimum absolute atomic E-state index is 0.571. The van der Waals surface area contributed by atoms with Crippen LogP contribution in [0.15, 0.2) is 22.8 Å². The zero-order chi connectivity index (χ0) is 14.1. The van der Waals surface area contributed by atoms with E-state index in [9.17, 15) is 0 Å². The van der Waals surface area contributed by atoms with Gasteiger partial charge in [-0.3, -0.25) is 4.98 Å². The Morgan fingerprint density at radius 3 is 2.70 bits per heavy atom. The average molecular weight is 333 g/mol. The monoisotopic (exact) mass is 332 g/mol. The molecule has 0 saturated heterocycles. The molecule has 1 aliphatic rings. The van der Waals surface area contributed by atoms with Crippen molar-refractivity contribution in [2.45, 2.75) is 32.6 Å². The van der Waals surface area contributed by atoms with Gasteiger partial charge >= 0.3 is 0 Å². The van der Waals surface area contributed by atoms with Crippen LogP contribution in [0.3, 0.4) is 0 Å². The molecule has 0 bridgehead atoms. The summed E-state index contributed by atoms with van der Waals surface area (Å²) < 4.78 is 1.01. The van der Waals surface area contributed by atoms with Gasteiger partial charge in [0.15, 0.2) is 5.82 Å². The Hall–Kier alpha value is -1.49. The molecule has 0 aliphatic heterocycles. The number of hydrogen-bond donors (Lipinski definition) is 1. The first-order valence-electron chi connectivity index (χ1n) is 6.93. The van der Waals surface area contributed by atoms with Crippen molar-refractivity contribution in [3.05, 3.63) is 34.2 Å². The van der Waals surface area contributed by atoms with Gasteiger partial charge in [-0.1, -0.05) is 0 Å². The number of aryl methyl sites for hydroxylation is 1. The topological polar surface area (TPSA) is 50.7 Å². The van der Waals surface area contributed by atoms with E-state index in [0.717, 1.165) is 39.6 Å². The quantitative estimate of drug-likeness (QED) is 0.921. The number of nitrogens with one attached hydrogen (secondary N) is 1. The van der Waals surface area contributed by atoms with Crippen molar-refractivity contribution >= 4 is 21.7 Å². The van der Waals surface area contributed by atoms with Crippen molar-refractivity contribution < 1.29 is 0 Å². The van der Waals surface area contributed by atoms with Gasteiger partial charge in [-0.15, -0.1) is 0 Å². The molecule has 1 fully saturated rings. The number of aromatic nitrogens is 3. The summed E-state index contributed by atoms with van der Waals surface area (Å²) in [5.41, 5.74) is 3.08. The van der Waals surface area contributed by atoms with E-state index in [0.29, 0.717) is 5.92 Å². The summed E-state index contributed by atoms with van der Waals surface area (Å²) in [5, 5.41) is 3.30. The summed E-state index contributed by atoms with van der Waals surface area (Å²) in [6, 6.07) is 4.02. The fourth-order valence-corrected chi connectivity index (χ4v) is 2.75. The van der Waals surface area contributed by atoms with Crippen molar-refractivity contribution in [1.82, 2.24) is 15.0 Å². The lowest BCUT2D eigenvalue weighted by Gasteiger charge is -2.12. The van der Waals surface area contributed by atoms with Crippen LogP contribution in [0.4, 0.5) is 5.82 Å². The molecule has 4 nitrogen and oxygen atoms in total. The number of rotatable bonds is 4. The summed E-state index contributed by atoms with van der Waals surface area (Å²) in [7, 11) is 0. The van der Waals surface area contributed by atoms with Gasteiger partial charge < -0.3 is 5.32 Å². The summed E-state index contributed by atoms with van der Waals surface area (Å²) >= 11 is 3.64. The van der Waals surface area contributed by atoms with Crippen molar-refractivity contribution in [3.63, 3.8) is 0 Å². The molecule has 2 aromatic rings. The minimum Gasteiger partial charge on any atom is -0.369 e. The number of anilines is 1. The van der Waals surface area contributed by atoms with Crippen LogP contribution in [0.2, 0.25) is 0 Å². The lowest BCUT2D eigenvalue weighted by atomic mass is 10.2. The zero-order valence-electron chi connectivity index (χ0n) is 11.7. The lowest BCUT2D eigenvalue weighted by molar-refractivity contribution is 0.972. The standard InChI is InChI=1S/C15H17BrN4/c1-3-17-15-12(16)13(10-6-7-10)19-14(20-15)11-5-4-9(2)18-8-11/h4-5,8,10H,3,6-7H2,1-2H3,(H,17,19,20). The van der Waals surface area contributed by atoms with Crippen LogP contribution in [-0.2, 0) is 0 Å². The lowest BCUT2D eigenvalue weighted by Crippen LogP contribution is -2.06. The molecule has 1 saturated carbocycles. The zero-order valence-corrected chi connectivity index (χ0v) is 13.2. The van der Waals surface area contributed by atoms with Crippen molar-refractivity contribution in [2.24, 2.45) is 0 Å². The van der Waals surface area contributed by atoms with E-state index in [1.165, 1.54) is 12.8 Å². The second-order valence-electron chi connectivity index (χ2n) is 5.09. The number of nitrogens with zero attached hydrogens (tertiary/aromatic N) is 3. The van der Waals surface area contributed by atoms with Gasteiger partial charge in [0.25, 0.3) is 0 Å². The highest BCUT2D eigenvalue weighted by molar-refractivity contribution is 9.10. The van der Waals surface area contributed by atoms with Crippen molar-refractivity contribution in [2.75, 3.05) is 11.9 Å². The highest BCUT2D eigenvalue weighted by atomic mass is 79.9. The van der Waals surface area contributed by atoms with Gasteiger partial charge in [0.1, 0.15) is 5.82 Å². The SMILES string of the molecule is CCNc1nc(-c2ccc(C)nc2)nc(C2CC2)c1Br. The maximum Gasteiger partial charge on any atom is 0.163 e. The molecule has 0 radical (unpaired) electrons. The number of hydrogen-bond acceptors (Lipinski definition) is 4. The van der Waals surface area contributed by atoms with Gasteiger partial charge in [-0.25, -0.2) is 9.97 Å². The molecule has 0 spiro atoms. The van der Waals surface area contributed by atoms with E-state index in [4.69, 9.17) is 4.98 Å². The van der Waals surface area contributed by atoms with Gasteiger partial charge in [0.2, 0.25) is 0 Å². The Labute approximate surface area is 127 Å². The molecule has 0 aromatic carbocycles. The normalized spacial score (nSPS) is 14.3. The van der Waals surface area contributed by atoms with Gasteiger partial charge in [0.05, 0.1) is 10.2 Å². The summed E-state index contributed by atoms with van der Waals surface area (Å²) in [4.78, 5) is 13.7. The number of halogens is 1. The van der Waals surface area contributed by atoms with Gasteiger partial charge in [-0.2, -0.15) is 0 Å². The third-order valence-corrected chi connectivity index (χ3v) is 4.14. The highest BCUT2D eigenvalue weighted by Gasteiger charge is 2.29. The fraction of sp³-hybridized carbons (Fsp3) is 0.400. The first-order valence-corrected chi connectivity index (χ1v) is 7.72. The molecule has 104 valence electrons. The summed E-state index contributed by atoms with van der Waals surface area (Å²) in [5.74, 6) is 2.19. The van der Waals surface area contributed by atoms with E-state index in [1.54, 1.807) is 0 Å². The van der Waals surface area contributed by atoms with Crippen LogP contribution in [0, 0.1) is 6.92 Å². The largest absolute Gasteiger partial charge is 0.369 e. The summed E-state index contributed by atoms with van der Waals surface area (Å²) in [6.45, 7) is 4.88. The smallest absolute Gasteiger partial charge is 0.163 e. The molecule has 3 rings (SSSR count). The second kappa shape index (κ2) is 5.48. The van der Waals surface area contributed by atoms with Crippen molar-refractivity contribution in [1.29, 1.82) is 0 Å². The third-order valence-electron chi connectivity index (χ3n) is 3.35. The molecule has 2 aromatic heterocycles. The molecule has 2 heterocycles. The van der Waals surface area contributed by atoms with Crippen LogP contribution in [0.25, 0.3) is 11.4 Å². The Morgan fingerprint density at radius 2 is 2.10 bits per heavy atom. The predicted molar refractivity (Wildman–Crippen MR) is 83.8 cm³/mol. The molecular weight excluding hydrogens is 316 g/mol. The van der Waals surface area contributed by atoms with Crippen LogP contribution in [0.5, 0.6) is 0 Å². The number of pyridine rings is 1. The Bertz CT molecular complexity index is 621. The molecule has 0 amide bonds. The maximum atomic E-state index is 4.74. The minimum atomic E-state index is 0.571. The molecule has 20 heavy (non-hydrogen) atoms. The van der Waals surface area contributed by atoms with E-state index in [2.05, 4.69) is 38.1 Å². The maximum absolute atomic E-state index is 4.74. The van der Waals surface area contributed by atoms with Gasteiger partial charge in [-0.05, 0) is 54.8 Å². The Balaban J connectivity index is 2.07. The molecule has 0 atom stereocenters. The Kier molecular flexibility index (Phi) is 3.70. The molecule has 1 N–H and O–H groups in total. The molecule has 1 aliphatic carbocycles. The third kappa shape index (κ3) is 2.68. The van der Waals surface area contributed by atoms with Crippen LogP contribution in [-0.4, -0.2) is 21.5 Å². The van der Waals surface area contributed by atoms with Crippen LogP contribution < -0.4 is 5.32 Å². The van der Waals surface area contributed by atoms with Gasteiger partial charge in [0, 0.05) is 29.9 Å². The van der Waals surface area contributed by atoms with E-state index < -0.39 is 0 Å². The van der Waals surface area contributed by atoms with E-state index in [-0.39, 0.29) is 0 Å². The first kappa shape index (κ1) is 13.5. The fourth-order valence-electron chi connectivity index (χ4n) is 2.11. The predicted octanol–water partition coefficient (Wildman–Crippen LogP) is 3.92. The van der Waals surface area contributed by atoms with Crippen molar-refractivity contribution in [3.8, 4) is 11.4 Å². The highest BCUT2D eigenvalue weighted by Crippen LogP contribution is 2.44. The average Bonchev–Trinajstić information content (AvgIpc) is 3.27. The molecule has 5 heteroatoms. The molecular formula is C15H17BrN4. The first-order chi connectivity index (χ1) is 9.69. The summed E-state index contributed by atoms with van der Waals surface area (Å²) in [6.07, 6.45) is 4.27. The second-order valence-corrected chi connectivity index (χ2v) is 5.88. The van der Waals surface area contributed by atoms with E-state index in [1.807, 2.05) is 25.3 Å². The van der Waals surface area contributed by atoms with Crippen LogP contribution >= 0.6 is 15.9 Å². The van der Waals surface area contributed by atoms with Crippen LogP contribution in [0.1, 0.15) is 37.1 Å². The molecule has 0 unspecified atom stereocenters.